The van der Waals surface area contributed by atoms with Crippen LogP contribution < -0.4 is 11.2 Å². The summed E-state index contributed by atoms with van der Waals surface area (Å²) in [4.78, 5) is 17.2. The summed E-state index contributed by atoms with van der Waals surface area (Å²) in [6, 6.07) is 9.46. The molecule has 0 aliphatic carbocycles. The standard InChI is InChI=1S/C16H20N4OS/c1-3-7-11-10-13(12-8-5-6-9-14(12)18-11)15(21)19-20(4-2)16(17)22/h5-6,8-10H,3-4,7H2,1-2H3,(H2,17,22)(H,19,21). The molecule has 0 unspecified atom stereocenters. The largest absolute Gasteiger partial charge is 0.375 e. The minimum Gasteiger partial charge on any atom is -0.375 e. The van der Waals surface area contributed by atoms with Gasteiger partial charge in [0, 0.05) is 17.6 Å². The SMILES string of the molecule is CCCc1cc(C(=O)NN(CC)C(N)=S)c2ccccc2n1. The molecule has 0 aliphatic rings. The number of amides is 1. The van der Waals surface area contributed by atoms with E-state index in [9.17, 15) is 4.79 Å². The zero-order valence-electron chi connectivity index (χ0n) is 12.8. The number of nitrogens with one attached hydrogen (secondary N) is 1. The van der Waals surface area contributed by atoms with Crippen LogP contribution >= 0.6 is 12.2 Å². The Kier molecular flexibility index (Phi) is 5.27. The number of aromatic nitrogens is 1. The monoisotopic (exact) mass is 316 g/mol. The molecule has 0 saturated carbocycles. The molecule has 1 aromatic carbocycles. The molecule has 0 spiro atoms. The molecular weight excluding hydrogens is 296 g/mol. The van der Waals surface area contributed by atoms with Crippen molar-refractivity contribution in [2.24, 2.45) is 5.73 Å². The molecule has 116 valence electrons. The summed E-state index contributed by atoms with van der Waals surface area (Å²) < 4.78 is 0. The number of aryl methyl sites for hydroxylation is 1. The number of thiocarbonyl (C=S) groups is 1. The molecule has 0 aliphatic heterocycles. The van der Waals surface area contributed by atoms with Gasteiger partial charge in [-0.05, 0) is 37.7 Å². The van der Waals surface area contributed by atoms with E-state index in [1.54, 1.807) is 0 Å². The quantitative estimate of drug-likeness (QED) is 0.669. The number of carbonyl (C=O) groups is 1. The lowest BCUT2D eigenvalue weighted by Gasteiger charge is -2.22. The molecule has 6 heteroatoms. The van der Waals surface area contributed by atoms with E-state index in [2.05, 4.69) is 17.3 Å². The molecule has 5 nitrogen and oxygen atoms in total. The first-order valence-electron chi connectivity index (χ1n) is 7.33. The van der Waals surface area contributed by atoms with E-state index in [4.69, 9.17) is 18.0 Å². The van der Waals surface area contributed by atoms with Crippen LogP contribution in [0.2, 0.25) is 0 Å². The Morgan fingerprint density at radius 2 is 2.09 bits per heavy atom. The van der Waals surface area contributed by atoms with Gasteiger partial charge in [-0.25, -0.2) is 0 Å². The van der Waals surface area contributed by atoms with Crippen molar-refractivity contribution in [2.45, 2.75) is 26.7 Å². The first kappa shape index (κ1) is 16.2. The van der Waals surface area contributed by atoms with Crippen LogP contribution in [0.4, 0.5) is 0 Å². The van der Waals surface area contributed by atoms with Crippen LogP contribution in [0.15, 0.2) is 30.3 Å². The number of nitrogens with zero attached hydrogens (tertiary/aromatic N) is 2. The smallest absolute Gasteiger partial charge is 0.270 e. The van der Waals surface area contributed by atoms with Crippen LogP contribution in [0.25, 0.3) is 10.9 Å². The lowest BCUT2D eigenvalue weighted by molar-refractivity contribution is 0.0876. The van der Waals surface area contributed by atoms with Gasteiger partial charge in [0.1, 0.15) is 0 Å². The number of rotatable bonds is 4. The zero-order chi connectivity index (χ0) is 16.1. The van der Waals surface area contributed by atoms with Crippen LogP contribution in [-0.4, -0.2) is 27.6 Å². The van der Waals surface area contributed by atoms with E-state index in [1.807, 2.05) is 37.3 Å². The van der Waals surface area contributed by atoms with Crippen LogP contribution in [0.3, 0.4) is 0 Å². The summed E-state index contributed by atoms with van der Waals surface area (Å²) in [7, 11) is 0. The molecule has 1 aromatic heterocycles. The zero-order valence-corrected chi connectivity index (χ0v) is 13.6. The number of hydrazine groups is 1. The maximum atomic E-state index is 12.6. The van der Waals surface area contributed by atoms with Gasteiger partial charge in [0.25, 0.3) is 5.91 Å². The van der Waals surface area contributed by atoms with E-state index in [-0.39, 0.29) is 11.0 Å². The number of pyridine rings is 1. The van der Waals surface area contributed by atoms with Gasteiger partial charge in [-0.2, -0.15) is 0 Å². The van der Waals surface area contributed by atoms with Crippen molar-refractivity contribution >= 4 is 34.1 Å². The predicted octanol–water partition coefficient (Wildman–Crippen LogP) is 2.40. The van der Waals surface area contributed by atoms with Gasteiger partial charge in [0.05, 0.1) is 11.1 Å². The van der Waals surface area contributed by atoms with E-state index in [0.29, 0.717) is 12.1 Å². The Morgan fingerprint density at radius 1 is 1.36 bits per heavy atom. The lowest BCUT2D eigenvalue weighted by atomic mass is 10.1. The number of para-hydroxylation sites is 1. The van der Waals surface area contributed by atoms with Gasteiger partial charge in [-0.1, -0.05) is 31.5 Å². The molecule has 0 radical (unpaired) electrons. The summed E-state index contributed by atoms with van der Waals surface area (Å²) in [5.41, 5.74) is 10.6. The van der Waals surface area contributed by atoms with Crippen LogP contribution in [0.5, 0.6) is 0 Å². The van der Waals surface area contributed by atoms with Crippen molar-refractivity contribution in [3.63, 3.8) is 0 Å². The lowest BCUT2D eigenvalue weighted by Crippen LogP contribution is -2.48. The number of benzene rings is 1. The minimum absolute atomic E-state index is 0.142. The van der Waals surface area contributed by atoms with E-state index in [1.165, 1.54) is 5.01 Å². The molecule has 0 atom stereocenters. The molecule has 3 N–H and O–H groups in total. The van der Waals surface area contributed by atoms with Crippen molar-refractivity contribution in [3.8, 4) is 0 Å². The Hall–Kier alpha value is -2.21. The first-order chi connectivity index (χ1) is 10.6. The van der Waals surface area contributed by atoms with Crippen molar-refractivity contribution in [1.29, 1.82) is 0 Å². The number of nitrogens with two attached hydrogens (primary N) is 1. The fraction of sp³-hybridized carbons (Fsp3) is 0.312. The van der Waals surface area contributed by atoms with Crippen molar-refractivity contribution in [2.75, 3.05) is 6.54 Å². The fourth-order valence-corrected chi connectivity index (χ4v) is 2.45. The number of fused-ring (bicyclic) bond motifs is 1. The highest BCUT2D eigenvalue weighted by Crippen LogP contribution is 2.19. The highest BCUT2D eigenvalue weighted by Gasteiger charge is 2.15. The number of hydrogen-bond donors (Lipinski definition) is 2. The van der Waals surface area contributed by atoms with Crippen LogP contribution in [0.1, 0.15) is 36.3 Å². The van der Waals surface area contributed by atoms with Gasteiger partial charge >= 0.3 is 0 Å². The van der Waals surface area contributed by atoms with Crippen molar-refractivity contribution < 1.29 is 4.79 Å². The van der Waals surface area contributed by atoms with Crippen LogP contribution in [0, 0.1) is 0 Å². The molecular formula is C16H20N4OS. The van der Waals surface area contributed by atoms with Gasteiger partial charge < -0.3 is 5.73 Å². The molecule has 0 fully saturated rings. The second kappa shape index (κ2) is 7.17. The highest BCUT2D eigenvalue weighted by molar-refractivity contribution is 7.80. The normalized spacial score (nSPS) is 10.5. The second-order valence-electron chi connectivity index (χ2n) is 4.95. The van der Waals surface area contributed by atoms with Gasteiger partial charge in [-0.3, -0.25) is 20.2 Å². The molecule has 1 heterocycles. The maximum Gasteiger partial charge on any atom is 0.270 e. The van der Waals surface area contributed by atoms with E-state index < -0.39 is 0 Å². The number of carbonyl (C=O) groups excluding carboxylic acids is 1. The average Bonchev–Trinajstić information content (AvgIpc) is 2.51. The summed E-state index contributed by atoms with van der Waals surface area (Å²) in [6.45, 7) is 4.46. The molecule has 2 rings (SSSR count). The Balaban J connectivity index is 2.43. The first-order valence-corrected chi connectivity index (χ1v) is 7.74. The minimum atomic E-state index is -0.231. The molecule has 1 amide bonds. The Bertz CT molecular complexity index is 702. The Morgan fingerprint density at radius 3 is 2.73 bits per heavy atom. The summed E-state index contributed by atoms with van der Waals surface area (Å²) in [6.07, 6.45) is 1.80. The second-order valence-corrected chi connectivity index (χ2v) is 5.37. The topological polar surface area (TPSA) is 71.2 Å². The molecule has 0 saturated heterocycles. The van der Waals surface area contributed by atoms with Crippen molar-refractivity contribution in [1.82, 2.24) is 15.4 Å². The average molecular weight is 316 g/mol. The third kappa shape index (κ3) is 3.51. The maximum absolute atomic E-state index is 12.6. The van der Waals surface area contributed by atoms with E-state index in [0.717, 1.165) is 29.4 Å². The summed E-state index contributed by atoms with van der Waals surface area (Å²) in [5.74, 6) is -0.231. The predicted molar refractivity (Wildman–Crippen MR) is 92.4 cm³/mol. The molecule has 0 bridgehead atoms. The summed E-state index contributed by atoms with van der Waals surface area (Å²) >= 11 is 4.92. The van der Waals surface area contributed by atoms with Gasteiger partial charge in [0.2, 0.25) is 0 Å². The van der Waals surface area contributed by atoms with Crippen LogP contribution in [-0.2, 0) is 6.42 Å². The van der Waals surface area contributed by atoms with E-state index >= 15 is 0 Å². The fourth-order valence-electron chi connectivity index (χ4n) is 2.28. The molecule has 2 aromatic rings. The third-order valence-corrected chi connectivity index (χ3v) is 3.56. The third-order valence-electron chi connectivity index (χ3n) is 3.34. The number of hydrogen-bond acceptors (Lipinski definition) is 3. The van der Waals surface area contributed by atoms with Gasteiger partial charge in [0.15, 0.2) is 5.11 Å². The summed E-state index contributed by atoms with van der Waals surface area (Å²) in [5, 5.41) is 2.41. The molecule has 22 heavy (non-hydrogen) atoms. The Labute approximate surface area is 135 Å². The van der Waals surface area contributed by atoms with Crippen molar-refractivity contribution in [3.05, 3.63) is 41.6 Å². The highest BCUT2D eigenvalue weighted by atomic mass is 32.1. The van der Waals surface area contributed by atoms with Gasteiger partial charge in [-0.15, -0.1) is 0 Å².